The highest BCUT2D eigenvalue weighted by atomic mass is 32.1. The fourth-order valence-corrected chi connectivity index (χ4v) is 5.81. The third-order valence-electron chi connectivity index (χ3n) is 6.95. The minimum atomic E-state index is -0.166. The number of nitrogens with zero attached hydrogens (tertiary/aromatic N) is 2. The molecular weight excluding hydrogens is 460 g/mol. The number of hydrogen-bond donors (Lipinski definition) is 0. The molecule has 0 bridgehead atoms. The van der Waals surface area contributed by atoms with Crippen molar-refractivity contribution in [3.05, 3.63) is 51.7 Å². The maximum Gasteiger partial charge on any atom is 0.242 e. The van der Waals surface area contributed by atoms with Gasteiger partial charge in [0.25, 0.3) is 0 Å². The van der Waals surface area contributed by atoms with Crippen molar-refractivity contribution in [2.75, 3.05) is 32.8 Å². The largest absolute Gasteiger partial charge is 0.491 e. The molecule has 3 heterocycles. The van der Waals surface area contributed by atoms with Crippen LogP contribution >= 0.6 is 11.3 Å². The molecule has 6 nitrogen and oxygen atoms in total. The highest BCUT2D eigenvalue weighted by Gasteiger charge is 2.34. The smallest absolute Gasteiger partial charge is 0.242 e. The maximum atomic E-state index is 13.6. The molecule has 2 aliphatic rings. The maximum absolute atomic E-state index is 13.6. The summed E-state index contributed by atoms with van der Waals surface area (Å²) in [5, 5.41) is 2.09. The zero-order chi connectivity index (χ0) is 24.9. The number of rotatable bonds is 9. The average molecular weight is 499 g/mol. The molecule has 190 valence electrons. The monoisotopic (exact) mass is 498 g/mol. The number of benzene rings is 1. The molecule has 2 aromatic rings. The van der Waals surface area contributed by atoms with Crippen LogP contribution in [-0.2, 0) is 20.7 Å². The first kappa shape index (κ1) is 25.7. The predicted octanol–water partition coefficient (Wildman–Crippen LogP) is 5.04. The molecule has 4 rings (SSSR count). The van der Waals surface area contributed by atoms with E-state index in [1.54, 1.807) is 16.2 Å². The fourth-order valence-electron chi connectivity index (χ4n) is 4.88. The molecule has 0 unspecified atom stereocenters. The Hall–Kier alpha value is -2.38. The van der Waals surface area contributed by atoms with Crippen LogP contribution in [0.15, 0.2) is 35.7 Å². The zero-order valence-corrected chi connectivity index (χ0v) is 22.2. The van der Waals surface area contributed by atoms with Gasteiger partial charge in [-0.2, -0.15) is 0 Å². The minimum Gasteiger partial charge on any atom is -0.491 e. The molecule has 0 radical (unpaired) electrons. The first-order valence-corrected chi connectivity index (χ1v) is 13.7. The van der Waals surface area contributed by atoms with Gasteiger partial charge in [-0.25, -0.2) is 0 Å². The van der Waals surface area contributed by atoms with Gasteiger partial charge < -0.3 is 19.3 Å². The SMILES string of the molecule is CC(C)C(=O)N(CC(=O)N1CCc2sccc2[C@H]1COc1ccc(C(C)C)cc1)C[C@@H]1CCCO1. The summed E-state index contributed by atoms with van der Waals surface area (Å²) in [6.07, 6.45) is 2.79. The van der Waals surface area contributed by atoms with Gasteiger partial charge in [0.05, 0.1) is 18.7 Å². The molecule has 1 saturated heterocycles. The van der Waals surface area contributed by atoms with Gasteiger partial charge in [0, 0.05) is 30.5 Å². The molecule has 35 heavy (non-hydrogen) atoms. The van der Waals surface area contributed by atoms with Crippen LogP contribution in [0, 0.1) is 5.92 Å². The van der Waals surface area contributed by atoms with E-state index in [0.717, 1.165) is 37.2 Å². The lowest BCUT2D eigenvalue weighted by Crippen LogP contribution is -2.50. The van der Waals surface area contributed by atoms with Crippen molar-refractivity contribution in [1.29, 1.82) is 0 Å². The summed E-state index contributed by atoms with van der Waals surface area (Å²) in [6, 6.07) is 10.1. The van der Waals surface area contributed by atoms with E-state index in [0.29, 0.717) is 25.6 Å². The molecule has 2 aliphatic heterocycles. The quantitative estimate of drug-likeness (QED) is 0.486. The fraction of sp³-hybridized carbons (Fsp3) is 0.571. The van der Waals surface area contributed by atoms with E-state index in [9.17, 15) is 9.59 Å². The van der Waals surface area contributed by atoms with E-state index in [2.05, 4.69) is 37.4 Å². The molecule has 0 saturated carbocycles. The predicted molar refractivity (Wildman–Crippen MR) is 139 cm³/mol. The highest BCUT2D eigenvalue weighted by Crippen LogP contribution is 2.34. The van der Waals surface area contributed by atoms with Crippen LogP contribution in [0.2, 0.25) is 0 Å². The van der Waals surface area contributed by atoms with Crippen molar-refractivity contribution in [2.45, 2.75) is 65.0 Å². The molecule has 1 fully saturated rings. The number of amides is 2. The minimum absolute atomic E-state index is 0.000115. The summed E-state index contributed by atoms with van der Waals surface area (Å²) < 4.78 is 12.0. The van der Waals surface area contributed by atoms with Gasteiger partial charge in [-0.3, -0.25) is 9.59 Å². The van der Waals surface area contributed by atoms with Crippen LogP contribution in [0.4, 0.5) is 0 Å². The van der Waals surface area contributed by atoms with Crippen LogP contribution < -0.4 is 4.74 Å². The number of hydrogen-bond acceptors (Lipinski definition) is 5. The van der Waals surface area contributed by atoms with Gasteiger partial charge in [0.15, 0.2) is 0 Å². The molecule has 2 amide bonds. The molecule has 7 heteroatoms. The van der Waals surface area contributed by atoms with E-state index < -0.39 is 0 Å². The summed E-state index contributed by atoms with van der Waals surface area (Å²) >= 11 is 1.74. The molecule has 2 atom stereocenters. The third-order valence-corrected chi connectivity index (χ3v) is 7.95. The van der Waals surface area contributed by atoms with Crippen LogP contribution in [-0.4, -0.2) is 60.6 Å². The first-order chi connectivity index (χ1) is 16.8. The van der Waals surface area contributed by atoms with Crippen molar-refractivity contribution in [1.82, 2.24) is 9.80 Å². The average Bonchev–Trinajstić information content (AvgIpc) is 3.53. The van der Waals surface area contributed by atoms with Gasteiger partial charge in [0.1, 0.15) is 12.4 Å². The van der Waals surface area contributed by atoms with E-state index in [1.807, 2.05) is 30.9 Å². The van der Waals surface area contributed by atoms with Crippen molar-refractivity contribution in [3.8, 4) is 5.75 Å². The summed E-state index contributed by atoms with van der Waals surface area (Å²) in [5.41, 5.74) is 2.43. The Kier molecular flexibility index (Phi) is 8.50. The van der Waals surface area contributed by atoms with E-state index in [1.165, 1.54) is 10.4 Å². The van der Waals surface area contributed by atoms with Crippen molar-refractivity contribution in [3.63, 3.8) is 0 Å². The number of thiophene rings is 1. The lowest BCUT2D eigenvalue weighted by Gasteiger charge is -2.37. The second-order valence-corrected chi connectivity index (χ2v) is 11.2. The Morgan fingerprint density at radius 2 is 1.94 bits per heavy atom. The summed E-state index contributed by atoms with van der Waals surface area (Å²) in [6.45, 7) is 10.4. The molecule has 1 aromatic heterocycles. The Morgan fingerprint density at radius 1 is 1.17 bits per heavy atom. The van der Waals surface area contributed by atoms with Gasteiger partial charge in [0.2, 0.25) is 11.8 Å². The van der Waals surface area contributed by atoms with E-state index >= 15 is 0 Å². The molecule has 0 aliphatic carbocycles. The van der Waals surface area contributed by atoms with Gasteiger partial charge >= 0.3 is 0 Å². The summed E-state index contributed by atoms with van der Waals surface area (Å²) in [5.74, 6) is 1.08. The second kappa shape index (κ2) is 11.6. The van der Waals surface area contributed by atoms with Gasteiger partial charge in [-0.05, 0) is 59.9 Å². The third kappa shape index (κ3) is 6.25. The molecule has 0 spiro atoms. The van der Waals surface area contributed by atoms with Crippen molar-refractivity contribution in [2.24, 2.45) is 5.92 Å². The Bertz CT molecular complexity index is 995. The molecule has 1 aromatic carbocycles. The number of carbonyl (C=O) groups is 2. The number of carbonyl (C=O) groups excluding carboxylic acids is 2. The Balaban J connectivity index is 1.48. The molecular formula is C28H38N2O4S. The highest BCUT2D eigenvalue weighted by molar-refractivity contribution is 7.10. The van der Waals surface area contributed by atoms with Crippen molar-refractivity contribution < 1.29 is 19.1 Å². The van der Waals surface area contributed by atoms with E-state index in [4.69, 9.17) is 9.47 Å². The van der Waals surface area contributed by atoms with E-state index in [-0.39, 0.29) is 36.4 Å². The van der Waals surface area contributed by atoms with Gasteiger partial charge in [-0.15, -0.1) is 11.3 Å². The molecule has 0 N–H and O–H groups in total. The Morgan fingerprint density at radius 3 is 2.60 bits per heavy atom. The first-order valence-electron chi connectivity index (χ1n) is 12.8. The van der Waals surface area contributed by atoms with Crippen LogP contribution in [0.1, 0.15) is 68.5 Å². The van der Waals surface area contributed by atoms with Crippen LogP contribution in [0.3, 0.4) is 0 Å². The summed E-state index contributed by atoms with van der Waals surface area (Å²) in [7, 11) is 0. The topological polar surface area (TPSA) is 59.1 Å². The van der Waals surface area contributed by atoms with Crippen LogP contribution in [0.25, 0.3) is 0 Å². The second-order valence-electron chi connectivity index (χ2n) is 10.2. The lowest BCUT2D eigenvalue weighted by atomic mass is 10.00. The zero-order valence-electron chi connectivity index (χ0n) is 21.4. The lowest BCUT2D eigenvalue weighted by molar-refractivity contribution is -0.145. The van der Waals surface area contributed by atoms with Gasteiger partial charge in [-0.1, -0.05) is 39.8 Å². The standard InChI is InChI=1S/C28H38N2O4S/c1-19(2)21-7-9-22(10-8-21)34-18-25-24-12-15-35-26(24)11-13-30(25)27(31)17-29(28(32)20(3)4)16-23-6-5-14-33-23/h7-10,12,15,19-20,23,25H,5-6,11,13-14,16-18H2,1-4H3/t23-,25+/m0/s1. The van der Waals surface area contributed by atoms with Crippen molar-refractivity contribution >= 4 is 23.2 Å². The number of ether oxygens (including phenoxy) is 2. The number of fused-ring (bicyclic) bond motifs is 1. The Labute approximate surface area is 213 Å². The van der Waals surface area contributed by atoms with Crippen LogP contribution in [0.5, 0.6) is 5.75 Å². The summed E-state index contributed by atoms with van der Waals surface area (Å²) in [4.78, 5) is 31.5. The normalized spacial score (nSPS) is 19.8.